The molecule has 0 spiro atoms. The number of aromatic nitrogens is 1. The van der Waals surface area contributed by atoms with Crippen molar-refractivity contribution >= 4 is 45.4 Å². The van der Waals surface area contributed by atoms with Gasteiger partial charge in [-0.2, -0.15) is 0 Å². The normalized spacial score (nSPS) is 10.6. The second-order valence-electron chi connectivity index (χ2n) is 4.27. The summed E-state index contributed by atoms with van der Waals surface area (Å²) in [5.41, 5.74) is 2.02. The fourth-order valence-electron chi connectivity index (χ4n) is 1.80. The fourth-order valence-corrected chi connectivity index (χ4v) is 2.83. The Hall–Kier alpha value is -1.62. The molecule has 2 nitrogen and oxygen atoms in total. The maximum atomic E-state index is 13.6. The SMILES string of the molecule is Fc1ccccc1Nc1nc(-c2ccc(Cl)c(Cl)c2)cs1. The summed E-state index contributed by atoms with van der Waals surface area (Å²) >= 11 is 13.3. The summed E-state index contributed by atoms with van der Waals surface area (Å²) < 4.78 is 13.6. The third-order valence-corrected chi connectivity index (χ3v) is 4.33. The number of nitrogens with zero attached hydrogens (tertiary/aromatic N) is 1. The lowest BCUT2D eigenvalue weighted by molar-refractivity contribution is 0.632. The Kier molecular flexibility index (Phi) is 4.10. The third-order valence-electron chi connectivity index (χ3n) is 2.84. The number of hydrogen-bond acceptors (Lipinski definition) is 3. The molecule has 1 aromatic heterocycles. The van der Waals surface area contributed by atoms with Crippen molar-refractivity contribution in [2.75, 3.05) is 5.32 Å². The predicted molar refractivity (Wildman–Crippen MR) is 87.3 cm³/mol. The highest BCUT2D eigenvalue weighted by atomic mass is 35.5. The molecule has 0 saturated heterocycles. The largest absolute Gasteiger partial charge is 0.329 e. The minimum Gasteiger partial charge on any atom is -0.329 e. The molecule has 0 aliphatic carbocycles. The molecule has 0 amide bonds. The van der Waals surface area contributed by atoms with Crippen molar-refractivity contribution in [2.45, 2.75) is 0 Å². The van der Waals surface area contributed by atoms with E-state index in [9.17, 15) is 4.39 Å². The number of para-hydroxylation sites is 1. The van der Waals surface area contributed by atoms with E-state index in [0.29, 0.717) is 20.9 Å². The smallest absolute Gasteiger partial charge is 0.187 e. The molecule has 2 aromatic carbocycles. The highest BCUT2D eigenvalue weighted by molar-refractivity contribution is 7.14. The third kappa shape index (κ3) is 3.18. The average Bonchev–Trinajstić information content (AvgIpc) is 2.93. The van der Waals surface area contributed by atoms with Crippen LogP contribution in [0.1, 0.15) is 0 Å². The summed E-state index contributed by atoms with van der Waals surface area (Å²) in [6.45, 7) is 0. The number of nitrogens with one attached hydrogen (secondary N) is 1. The predicted octanol–water partition coefficient (Wildman–Crippen LogP) is 6.00. The molecule has 0 aliphatic heterocycles. The van der Waals surface area contributed by atoms with Crippen LogP contribution in [-0.2, 0) is 0 Å². The van der Waals surface area contributed by atoms with E-state index in [4.69, 9.17) is 23.2 Å². The van der Waals surface area contributed by atoms with Gasteiger partial charge in [-0.25, -0.2) is 9.37 Å². The molecule has 0 atom stereocenters. The Balaban J connectivity index is 1.86. The summed E-state index contributed by atoms with van der Waals surface area (Å²) in [6.07, 6.45) is 0. The summed E-state index contributed by atoms with van der Waals surface area (Å²) in [6, 6.07) is 11.8. The van der Waals surface area contributed by atoms with E-state index in [1.165, 1.54) is 17.4 Å². The summed E-state index contributed by atoms with van der Waals surface area (Å²) in [4.78, 5) is 4.43. The van der Waals surface area contributed by atoms with E-state index in [0.717, 1.165) is 11.3 Å². The van der Waals surface area contributed by atoms with Gasteiger partial charge in [0.15, 0.2) is 5.13 Å². The Morgan fingerprint density at radius 2 is 1.86 bits per heavy atom. The minimum absolute atomic E-state index is 0.316. The fraction of sp³-hybridized carbons (Fsp3) is 0. The maximum Gasteiger partial charge on any atom is 0.187 e. The summed E-state index contributed by atoms with van der Waals surface area (Å²) in [7, 11) is 0. The van der Waals surface area contributed by atoms with Gasteiger partial charge in [-0.3, -0.25) is 0 Å². The van der Waals surface area contributed by atoms with E-state index in [1.54, 1.807) is 30.3 Å². The lowest BCUT2D eigenvalue weighted by Gasteiger charge is -2.03. The van der Waals surface area contributed by atoms with Crippen molar-refractivity contribution in [1.29, 1.82) is 0 Å². The van der Waals surface area contributed by atoms with Crippen LogP contribution in [0.2, 0.25) is 10.0 Å². The van der Waals surface area contributed by atoms with Crippen molar-refractivity contribution in [3.63, 3.8) is 0 Å². The molecular weight excluding hydrogens is 330 g/mol. The van der Waals surface area contributed by atoms with Crippen molar-refractivity contribution in [3.8, 4) is 11.3 Å². The molecule has 0 aliphatic rings. The average molecular weight is 339 g/mol. The highest BCUT2D eigenvalue weighted by Gasteiger charge is 2.08. The van der Waals surface area contributed by atoms with Gasteiger partial charge in [0.2, 0.25) is 0 Å². The van der Waals surface area contributed by atoms with Crippen LogP contribution in [0.25, 0.3) is 11.3 Å². The number of rotatable bonds is 3. The van der Waals surface area contributed by atoms with Gasteiger partial charge in [-0.15, -0.1) is 11.3 Å². The molecular formula is C15H9Cl2FN2S. The molecule has 1 N–H and O–H groups in total. The van der Waals surface area contributed by atoms with E-state index in [2.05, 4.69) is 10.3 Å². The quantitative estimate of drug-likeness (QED) is 0.633. The first kappa shape index (κ1) is 14.3. The monoisotopic (exact) mass is 338 g/mol. The van der Waals surface area contributed by atoms with E-state index in [1.807, 2.05) is 11.4 Å². The number of hydrogen-bond donors (Lipinski definition) is 1. The van der Waals surface area contributed by atoms with Crippen molar-refractivity contribution in [3.05, 3.63) is 63.7 Å². The van der Waals surface area contributed by atoms with E-state index in [-0.39, 0.29) is 5.82 Å². The van der Waals surface area contributed by atoms with Crippen LogP contribution in [0.15, 0.2) is 47.8 Å². The zero-order chi connectivity index (χ0) is 14.8. The summed E-state index contributed by atoms with van der Waals surface area (Å²) in [5.74, 6) is -0.316. The zero-order valence-electron chi connectivity index (χ0n) is 10.6. The number of thiazole rings is 1. The molecule has 0 radical (unpaired) electrons. The second kappa shape index (κ2) is 6.02. The van der Waals surface area contributed by atoms with Crippen LogP contribution in [0.5, 0.6) is 0 Å². The first-order valence-corrected chi connectivity index (χ1v) is 7.69. The molecule has 0 saturated carbocycles. The highest BCUT2D eigenvalue weighted by Crippen LogP contribution is 2.31. The van der Waals surface area contributed by atoms with Crippen molar-refractivity contribution in [1.82, 2.24) is 4.98 Å². The van der Waals surface area contributed by atoms with Crippen LogP contribution >= 0.6 is 34.5 Å². The molecule has 0 unspecified atom stereocenters. The molecule has 21 heavy (non-hydrogen) atoms. The first-order chi connectivity index (χ1) is 10.1. The van der Waals surface area contributed by atoms with Gasteiger partial charge in [0.25, 0.3) is 0 Å². The molecule has 106 valence electrons. The Morgan fingerprint density at radius 1 is 1.05 bits per heavy atom. The van der Waals surface area contributed by atoms with Gasteiger partial charge >= 0.3 is 0 Å². The Bertz CT molecular complexity index is 789. The minimum atomic E-state index is -0.316. The molecule has 0 fully saturated rings. The lowest BCUT2D eigenvalue weighted by atomic mass is 10.2. The number of anilines is 2. The molecule has 0 bridgehead atoms. The molecule has 1 heterocycles. The van der Waals surface area contributed by atoms with Gasteiger partial charge in [-0.05, 0) is 24.3 Å². The molecule has 3 aromatic rings. The van der Waals surface area contributed by atoms with Crippen LogP contribution in [0, 0.1) is 5.82 Å². The summed E-state index contributed by atoms with van der Waals surface area (Å²) in [5, 5.41) is 6.43. The number of benzene rings is 2. The zero-order valence-corrected chi connectivity index (χ0v) is 12.9. The molecule has 3 rings (SSSR count). The maximum absolute atomic E-state index is 13.6. The van der Waals surface area contributed by atoms with Crippen molar-refractivity contribution < 1.29 is 4.39 Å². The van der Waals surface area contributed by atoms with Crippen LogP contribution in [0.3, 0.4) is 0 Å². The van der Waals surface area contributed by atoms with Crippen LogP contribution in [0.4, 0.5) is 15.2 Å². The van der Waals surface area contributed by atoms with Crippen LogP contribution in [-0.4, -0.2) is 4.98 Å². The first-order valence-electron chi connectivity index (χ1n) is 6.06. The van der Waals surface area contributed by atoms with Crippen LogP contribution < -0.4 is 5.32 Å². The van der Waals surface area contributed by atoms with Gasteiger partial charge in [-0.1, -0.05) is 41.4 Å². The Labute approximate surface area is 135 Å². The second-order valence-corrected chi connectivity index (χ2v) is 5.94. The van der Waals surface area contributed by atoms with Gasteiger partial charge in [0, 0.05) is 10.9 Å². The van der Waals surface area contributed by atoms with Gasteiger partial charge < -0.3 is 5.32 Å². The number of halogens is 3. The van der Waals surface area contributed by atoms with E-state index < -0.39 is 0 Å². The van der Waals surface area contributed by atoms with Gasteiger partial charge in [0.1, 0.15) is 5.82 Å². The Morgan fingerprint density at radius 3 is 2.62 bits per heavy atom. The topological polar surface area (TPSA) is 24.9 Å². The van der Waals surface area contributed by atoms with Crippen molar-refractivity contribution in [2.24, 2.45) is 0 Å². The molecule has 6 heteroatoms. The standard InChI is InChI=1S/C15H9Cl2FN2S/c16-10-6-5-9(7-11(10)17)14-8-21-15(20-14)19-13-4-2-1-3-12(13)18/h1-8H,(H,19,20). The van der Waals surface area contributed by atoms with Gasteiger partial charge in [0.05, 0.1) is 21.4 Å². The van der Waals surface area contributed by atoms with E-state index >= 15 is 0 Å². The lowest BCUT2D eigenvalue weighted by Crippen LogP contribution is -1.92.